The zero-order valence-corrected chi connectivity index (χ0v) is 14.2. The summed E-state index contributed by atoms with van der Waals surface area (Å²) in [7, 11) is 1.65. The minimum Gasteiger partial charge on any atom is -0.346 e. The number of nitrogens with zero attached hydrogens (tertiary/aromatic N) is 2. The van der Waals surface area contributed by atoms with Crippen LogP contribution in [-0.4, -0.2) is 25.2 Å². The lowest BCUT2D eigenvalue weighted by Gasteiger charge is -2.18. The molecule has 8 nitrogen and oxygen atoms in total. The summed E-state index contributed by atoms with van der Waals surface area (Å²) in [5.41, 5.74) is 4.91. The topological polar surface area (TPSA) is 127 Å². The third-order valence-corrected chi connectivity index (χ3v) is 2.17. The van der Waals surface area contributed by atoms with Crippen LogP contribution >= 0.6 is 0 Å². The highest BCUT2D eigenvalue weighted by Gasteiger charge is 2.17. The maximum absolute atomic E-state index is 9.85. The van der Waals surface area contributed by atoms with Crippen LogP contribution in [0.1, 0.15) is 48.0 Å². The van der Waals surface area contributed by atoms with E-state index in [1.54, 1.807) is 7.05 Å². The molecule has 0 saturated carbocycles. The van der Waals surface area contributed by atoms with Crippen molar-refractivity contribution in [1.82, 2.24) is 10.9 Å². The van der Waals surface area contributed by atoms with Crippen molar-refractivity contribution in [2.24, 2.45) is 32.6 Å². The van der Waals surface area contributed by atoms with Gasteiger partial charge in [-0.15, -0.1) is 0 Å². The van der Waals surface area contributed by atoms with E-state index in [0.29, 0.717) is 18.1 Å². The highest BCUT2D eigenvalue weighted by molar-refractivity contribution is 5.86. The summed E-state index contributed by atoms with van der Waals surface area (Å²) in [6.45, 7) is 12.5. The monoisotopic (exact) mass is 302 g/mol. The van der Waals surface area contributed by atoms with E-state index in [4.69, 9.17) is 11.7 Å². The van der Waals surface area contributed by atoms with Gasteiger partial charge in [-0.1, -0.05) is 41.5 Å². The van der Waals surface area contributed by atoms with Crippen molar-refractivity contribution in [3.8, 4) is 0 Å². The second-order valence-electron chi connectivity index (χ2n) is 6.60. The first-order valence-corrected chi connectivity index (χ1v) is 6.57. The quantitative estimate of drug-likeness (QED) is 0.202. The molecule has 0 amide bonds. The van der Waals surface area contributed by atoms with E-state index in [9.17, 15) is 4.79 Å². The van der Waals surface area contributed by atoms with Gasteiger partial charge in [0.2, 0.25) is 0 Å². The van der Waals surface area contributed by atoms with Crippen molar-refractivity contribution >= 4 is 18.1 Å². The molecule has 0 radical (unpaired) electrons. The Labute approximate surface area is 127 Å². The van der Waals surface area contributed by atoms with Crippen LogP contribution < -0.4 is 22.6 Å². The number of hydrazone groups is 1. The normalized spacial score (nSPS) is 13.0. The number of amidine groups is 2. The second kappa shape index (κ2) is 9.98. The van der Waals surface area contributed by atoms with Crippen LogP contribution in [0.2, 0.25) is 0 Å². The zero-order chi connectivity index (χ0) is 17.1. The van der Waals surface area contributed by atoms with Gasteiger partial charge in [0, 0.05) is 18.9 Å². The maximum atomic E-state index is 9.85. The SMILES string of the molecule is CC(C)(C)/C(=N/N)NN.CN=C(CC(C)(C)C)NOC=O. The van der Waals surface area contributed by atoms with Crippen LogP contribution in [0.4, 0.5) is 0 Å². The lowest BCUT2D eigenvalue weighted by Crippen LogP contribution is -2.40. The van der Waals surface area contributed by atoms with Crippen LogP contribution in [0.3, 0.4) is 0 Å². The summed E-state index contributed by atoms with van der Waals surface area (Å²) in [6.07, 6.45) is 0.747. The van der Waals surface area contributed by atoms with Crippen LogP contribution in [0.15, 0.2) is 10.1 Å². The molecule has 0 unspecified atom stereocenters. The average Bonchev–Trinajstić information content (AvgIpc) is 2.33. The van der Waals surface area contributed by atoms with Gasteiger partial charge in [-0.3, -0.25) is 9.79 Å². The molecule has 0 aromatic heterocycles. The molecule has 0 atom stereocenters. The van der Waals surface area contributed by atoms with Gasteiger partial charge < -0.3 is 16.1 Å². The molecule has 0 fully saturated rings. The Kier molecular flexibility index (Phi) is 10.2. The number of aliphatic imine (C=N–C) groups is 1. The van der Waals surface area contributed by atoms with E-state index in [1.165, 1.54) is 0 Å². The number of carbonyl (C=O) groups is 1. The predicted molar refractivity (Wildman–Crippen MR) is 86.1 cm³/mol. The molecule has 124 valence electrons. The summed E-state index contributed by atoms with van der Waals surface area (Å²) < 4.78 is 0. The summed E-state index contributed by atoms with van der Waals surface area (Å²) in [5.74, 6) is 11.4. The predicted octanol–water partition coefficient (Wildman–Crippen LogP) is 0.897. The van der Waals surface area contributed by atoms with Crippen LogP contribution in [0.5, 0.6) is 0 Å². The lowest BCUT2D eigenvalue weighted by atomic mass is 9.92. The molecule has 0 aliphatic rings. The largest absolute Gasteiger partial charge is 0.346 e. The van der Waals surface area contributed by atoms with Gasteiger partial charge in [0.05, 0.1) is 0 Å². The Morgan fingerprint density at radius 1 is 1.24 bits per heavy atom. The first-order valence-electron chi connectivity index (χ1n) is 6.57. The molecule has 8 heteroatoms. The Hall–Kier alpha value is -1.83. The zero-order valence-electron chi connectivity index (χ0n) is 14.2. The fourth-order valence-electron chi connectivity index (χ4n) is 1.20. The first kappa shape index (κ1) is 21.5. The van der Waals surface area contributed by atoms with Crippen molar-refractivity contribution in [2.45, 2.75) is 48.0 Å². The highest BCUT2D eigenvalue weighted by atomic mass is 16.7. The summed E-state index contributed by atoms with van der Waals surface area (Å²) in [5, 5.41) is 3.46. The lowest BCUT2D eigenvalue weighted by molar-refractivity contribution is -0.132. The molecule has 0 heterocycles. The number of hydrogen-bond donors (Lipinski definition) is 4. The summed E-state index contributed by atoms with van der Waals surface area (Å²) in [4.78, 5) is 18.2. The summed E-state index contributed by atoms with van der Waals surface area (Å²) in [6, 6.07) is 0. The molecule has 0 aliphatic carbocycles. The van der Waals surface area contributed by atoms with E-state index in [1.807, 2.05) is 20.8 Å². The number of nitrogens with one attached hydrogen (secondary N) is 2. The number of rotatable bonds is 3. The maximum Gasteiger partial charge on any atom is 0.320 e. The van der Waals surface area contributed by atoms with Crippen LogP contribution in [-0.2, 0) is 9.63 Å². The standard InChI is InChI=1S/C8H16N2O2.C5H14N4/c1-8(2,3)5-7(9-4)10-12-6-11;1-5(2,3)4(8-6)9-7/h6H,5H2,1-4H3,(H,9,10);6-7H2,1-3H3,(H,8,9). The molecule has 0 aromatic carbocycles. The first-order chi connectivity index (χ1) is 9.51. The molecule has 0 spiro atoms. The van der Waals surface area contributed by atoms with Gasteiger partial charge in [0.1, 0.15) is 11.7 Å². The molecule has 0 rings (SSSR count). The van der Waals surface area contributed by atoms with Gasteiger partial charge in [0.15, 0.2) is 0 Å². The number of hydroxylamine groups is 1. The van der Waals surface area contributed by atoms with Crippen molar-refractivity contribution in [3.05, 3.63) is 0 Å². The van der Waals surface area contributed by atoms with Gasteiger partial charge in [-0.2, -0.15) is 5.10 Å². The average molecular weight is 302 g/mol. The minimum atomic E-state index is -0.0938. The van der Waals surface area contributed by atoms with Gasteiger partial charge in [-0.05, 0) is 5.41 Å². The van der Waals surface area contributed by atoms with Crippen LogP contribution in [0, 0.1) is 10.8 Å². The number of carbonyl (C=O) groups excluding carboxylic acids is 1. The van der Waals surface area contributed by atoms with E-state index in [-0.39, 0.29) is 10.8 Å². The molecular formula is C13H30N6O2. The van der Waals surface area contributed by atoms with Gasteiger partial charge >= 0.3 is 6.47 Å². The van der Waals surface area contributed by atoms with Crippen molar-refractivity contribution in [3.63, 3.8) is 0 Å². The number of nitrogens with two attached hydrogens (primary N) is 2. The smallest absolute Gasteiger partial charge is 0.320 e. The molecule has 21 heavy (non-hydrogen) atoms. The molecule has 0 aliphatic heterocycles. The Bertz CT molecular complexity index is 353. The fraction of sp³-hybridized carbons (Fsp3) is 0.769. The van der Waals surface area contributed by atoms with E-state index >= 15 is 0 Å². The van der Waals surface area contributed by atoms with E-state index < -0.39 is 0 Å². The van der Waals surface area contributed by atoms with Gasteiger partial charge in [0.25, 0.3) is 0 Å². The Morgan fingerprint density at radius 3 is 1.95 bits per heavy atom. The number of hydrogen-bond acceptors (Lipinski definition) is 6. The summed E-state index contributed by atoms with van der Waals surface area (Å²) >= 11 is 0. The van der Waals surface area contributed by atoms with Gasteiger partial charge in [-0.25, -0.2) is 11.3 Å². The molecule has 0 bridgehead atoms. The fourth-order valence-corrected chi connectivity index (χ4v) is 1.20. The Balaban J connectivity index is 0. The van der Waals surface area contributed by atoms with Crippen molar-refractivity contribution < 1.29 is 9.63 Å². The second-order valence-corrected chi connectivity index (χ2v) is 6.60. The third-order valence-electron chi connectivity index (χ3n) is 2.17. The van der Waals surface area contributed by atoms with E-state index in [2.05, 4.69) is 46.6 Å². The third kappa shape index (κ3) is 12.9. The van der Waals surface area contributed by atoms with Crippen molar-refractivity contribution in [1.29, 1.82) is 0 Å². The molecule has 0 saturated heterocycles. The molecule has 0 aromatic rings. The Morgan fingerprint density at radius 2 is 1.76 bits per heavy atom. The molecule has 6 N–H and O–H groups in total. The number of hydrazine groups is 1. The van der Waals surface area contributed by atoms with E-state index in [0.717, 1.165) is 6.42 Å². The van der Waals surface area contributed by atoms with Crippen molar-refractivity contribution in [2.75, 3.05) is 7.05 Å². The highest BCUT2D eigenvalue weighted by Crippen LogP contribution is 2.18. The minimum absolute atomic E-state index is 0.0938. The molecular weight excluding hydrogens is 272 g/mol. The van der Waals surface area contributed by atoms with Crippen LogP contribution in [0.25, 0.3) is 0 Å².